The summed E-state index contributed by atoms with van der Waals surface area (Å²) in [4.78, 5) is 0. The van der Waals surface area contributed by atoms with E-state index >= 15 is 0 Å². The molecule has 0 spiro atoms. The van der Waals surface area contributed by atoms with Crippen LogP contribution in [0.3, 0.4) is 0 Å². The van der Waals surface area contributed by atoms with Gasteiger partial charge in [0.2, 0.25) is 0 Å². The van der Waals surface area contributed by atoms with Crippen LogP contribution in [0, 0.1) is 0 Å². The molecular weight excluding hydrogens is 98.1 g/mol. The van der Waals surface area contributed by atoms with Crippen LogP contribution in [-0.4, -0.2) is 6.54 Å². The van der Waals surface area contributed by atoms with E-state index in [1.54, 1.807) is 0 Å². The first-order valence-electron chi connectivity index (χ1n) is 2.77. The van der Waals surface area contributed by atoms with Gasteiger partial charge in [-0.25, -0.2) is 0 Å². The zero-order valence-corrected chi connectivity index (χ0v) is 5.62. The van der Waals surface area contributed by atoms with Crippen molar-refractivity contribution in [1.82, 2.24) is 5.32 Å². The lowest BCUT2D eigenvalue weighted by Crippen LogP contribution is -2.10. The van der Waals surface area contributed by atoms with Gasteiger partial charge >= 0.3 is 0 Å². The summed E-state index contributed by atoms with van der Waals surface area (Å²) in [5, 5.41) is 3.05. The predicted molar refractivity (Wildman–Crippen MR) is 37.6 cm³/mol. The van der Waals surface area contributed by atoms with Crippen molar-refractivity contribution < 1.29 is 0 Å². The Kier molecular flexibility index (Phi) is 3.01. The van der Waals surface area contributed by atoms with Crippen molar-refractivity contribution in [2.75, 3.05) is 6.54 Å². The molecule has 0 atom stereocenters. The van der Waals surface area contributed by atoms with Gasteiger partial charge in [-0.05, 0) is 19.4 Å². The van der Waals surface area contributed by atoms with E-state index in [4.69, 9.17) is 0 Å². The smallest absolute Gasteiger partial charge is 0.0290 e. The van der Waals surface area contributed by atoms with Crippen LogP contribution in [0.15, 0.2) is 24.4 Å². The third-order valence-electron chi connectivity index (χ3n) is 0.905. The average molecular weight is 111 g/mol. The van der Waals surface area contributed by atoms with E-state index in [0.29, 0.717) is 0 Å². The summed E-state index contributed by atoms with van der Waals surface area (Å²) >= 11 is 0. The first kappa shape index (κ1) is 7.28. The predicted octanol–water partition coefficient (Wildman–Crippen LogP) is 1.69. The first-order chi connectivity index (χ1) is 3.68. The zero-order valence-electron chi connectivity index (χ0n) is 5.62. The molecule has 0 amide bonds. The topological polar surface area (TPSA) is 12.0 Å². The van der Waals surface area contributed by atoms with Crippen molar-refractivity contribution in [3.8, 4) is 0 Å². The van der Waals surface area contributed by atoms with Gasteiger partial charge in [0.1, 0.15) is 0 Å². The van der Waals surface area contributed by atoms with Gasteiger partial charge in [-0.1, -0.05) is 13.2 Å². The number of hydrogen-bond acceptors (Lipinski definition) is 1. The number of rotatable bonds is 3. The Morgan fingerprint density at radius 1 is 1.50 bits per heavy atom. The lowest BCUT2D eigenvalue weighted by atomic mass is 10.3. The largest absolute Gasteiger partial charge is 0.386 e. The fraction of sp³-hybridized carbons (Fsp3) is 0.429. The lowest BCUT2D eigenvalue weighted by Gasteiger charge is -2.03. The summed E-state index contributed by atoms with van der Waals surface area (Å²) < 4.78 is 0. The lowest BCUT2D eigenvalue weighted by molar-refractivity contribution is 0.868. The normalized spacial score (nSPS) is 8.25. The highest BCUT2D eigenvalue weighted by Gasteiger charge is 1.86. The Hall–Kier alpha value is -0.720. The Balaban J connectivity index is 3.49. The second kappa shape index (κ2) is 3.30. The Labute approximate surface area is 51.1 Å². The number of nitrogens with one attached hydrogen (secondary N) is 1. The van der Waals surface area contributed by atoms with Crippen molar-refractivity contribution in [2.24, 2.45) is 0 Å². The van der Waals surface area contributed by atoms with E-state index in [-0.39, 0.29) is 0 Å². The molecule has 0 aromatic heterocycles. The minimum atomic E-state index is 0.922. The Morgan fingerprint density at radius 3 is 2.12 bits per heavy atom. The minimum absolute atomic E-state index is 0.922. The molecule has 0 unspecified atom stereocenters. The second-order valence-corrected chi connectivity index (χ2v) is 1.79. The van der Waals surface area contributed by atoms with Crippen LogP contribution in [0.4, 0.5) is 0 Å². The molecule has 0 bridgehead atoms. The minimum Gasteiger partial charge on any atom is -0.386 e. The molecule has 0 aliphatic carbocycles. The van der Waals surface area contributed by atoms with Gasteiger partial charge in [0.15, 0.2) is 0 Å². The van der Waals surface area contributed by atoms with E-state index in [0.717, 1.165) is 17.8 Å². The number of likely N-dealkylation sites (N-methyl/N-ethyl adjacent to an activating group) is 1. The highest BCUT2D eigenvalue weighted by atomic mass is 14.9. The van der Waals surface area contributed by atoms with Crippen LogP contribution in [0.2, 0.25) is 0 Å². The SMILES string of the molecule is C=C(C)C(=C)NCC. The summed E-state index contributed by atoms with van der Waals surface area (Å²) in [5.74, 6) is 0. The standard InChI is InChI=1S/C7H13N/c1-5-8-7(4)6(2)3/h8H,2,4-5H2,1,3H3. The van der Waals surface area contributed by atoms with E-state index < -0.39 is 0 Å². The van der Waals surface area contributed by atoms with Crippen LogP contribution >= 0.6 is 0 Å². The van der Waals surface area contributed by atoms with Crippen LogP contribution in [0.1, 0.15) is 13.8 Å². The van der Waals surface area contributed by atoms with Gasteiger partial charge in [0, 0.05) is 12.2 Å². The van der Waals surface area contributed by atoms with Crippen molar-refractivity contribution in [2.45, 2.75) is 13.8 Å². The maximum atomic E-state index is 3.73. The molecule has 0 aliphatic heterocycles. The van der Waals surface area contributed by atoms with Gasteiger partial charge in [-0.3, -0.25) is 0 Å². The van der Waals surface area contributed by atoms with E-state index in [9.17, 15) is 0 Å². The molecule has 1 heteroatoms. The van der Waals surface area contributed by atoms with Gasteiger partial charge in [0.25, 0.3) is 0 Å². The molecule has 0 aromatic rings. The molecule has 1 N–H and O–H groups in total. The van der Waals surface area contributed by atoms with Gasteiger partial charge in [-0.2, -0.15) is 0 Å². The molecular formula is C7H13N. The molecule has 0 aromatic carbocycles. The van der Waals surface area contributed by atoms with E-state index in [1.165, 1.54) is 0 Å². The van der Waals surface area contributed by atoms with Crippen LogP contribution < -0.4 is 5.32 Å². The van der Waals surface area contributed by atoms with Crippen molar-refractivity contribution in [3.63, 3.8) is 0 Å². The van der Waals surface area contributed by atoms with Crippen LogP contribution in [-0.2, 0) is 0 Å². The summed E-state index contributed by atoms with van der Waals surface area (Å²) in [5.41, 5.74) is 1.94. The van der Waals surface area contributed by atoms with E-state index in [1.807, 2.05) is 13.8 Å². The monoisotopic (exact) mass is 111 g/mol. The molecule has 0 heterocycles. The second-order valence-electron chi connectivity index (χ2n) is 1.79. The zero-order chi connectivity index (χ0) is 6.57. The summed E-state index contributed by atoms with van der Waals surface area (Å²) in [6.45, 7) is 12.3. The summed E-state index contributed by atoms with van der Waals surface area (Å²) in [6, 6.07) is 0. The van der Waals surface area contributed by atoms with Gasteiger partial charge < -0.3 is 5.32 Å². The molecule has 0 radical (unpaired) electrons. The van der Waals surface area contributed by atoms with Crippen LogP contribution in [0.5, 0.6) is 0 Å². The Morgan fingerprint density at radius 2 is 2.00 bits per heavy atom. The number of allylic oxidation sites excluding steroid dienone is 1. The first-order valence-corrected chi connectivity index (χ1v) is 2.77. The molecule has 8 heavy (non-hydrogen) atoms. The highest BCUT2D eigenvalue weighted by molar-refractivity contribution is 5.20. The van der Waals surface area contributed by atoms with E-state index in [2.05, 4.69) is 18.5 Å². The third kappa shape index (κ3) is 2.45. The number of hydrogen-bond donors (Lipinski definition) is 1. The van der Waals surface area contributed by atoms with Crippen molar-refractivity contribution in [3.05, 3.63) is 24.4 Å². The fourth-order valence-electron chi connectivity index (χ4n) is 0.364. The molecule has 0 aliphatic rings. The quantitative estimate of drug-likeness (QED) is 0.546. The Bertz CT molecular complexity index is 103. The molecule has 0 rings (SSSR count). The van der Waals surface area contributed by atoms with Gasteiger partial charge in [0.05, 0.1) is 0 Å². The average Bonchev–Trinajstić information content (AvgIpc) is 1.67. The van der Waals surface area contributed by atoms with Crippen molar-refractivity contribution >= 4 is 0 Å². The maximum Gasteiger partial charge on any atom is 0.0290 e. The highest BCUT2D eigenvalue weighted by Crippen LogP contribution is 1.96. The summed E-state index contributed by atoms with van der Waals surface area (Å²) in [7, 11) is 0. The van der Waals surface area contributed by atoms with Crippen LogP contribution in [0.25, 0.3) is 0 Å². The van der Waals surface area contributed by atoms with Gasteiger partial charge in [-0.15, -0.1) is 0 Å². The maximum absolute atomic E-state index is 3.73. The molecule has 0 fully saturated rings. The molecule has 0 saturated carbocycles. The van der Waals surface area contributed by atoms with Crippen molar-refractivity contribution in [1.29, 1.82) is 0 Å². The third-order valence-corrected chi connectivity index (χ3v) is 0.905. The summed E-state index contributed by atoms with van der Waals surface area (Å²) in [6.07, 6.45) is 0. The molecule has 1 nitrogen and oxygen atoms in total. The fourth-order valence-corrected chi connectivity index (χ4v) is 0.364. The molecule has 0 saturated heterocycles. The molecule has 46 valence electrons.